The summed E-state index contributed by atoms with van der Waals surface area (Å²) in [5, 5.41) is 9.47. The highest BCUT2D eigenvalue weighted by atomic mass is 32.2. The first-order chi connectivity index (χ1) is 8.56. The summed E-state index contributed by atoms with van der Waals surface area (Å²) in [7, 11) is 0. The van der Waals surface area contributed by atoms with E-state index in [-0.39, 0.29) is 18.6 Å². The lowest BCUT2D eigenvalue weighted by Gasteiger charge is -2.18. The van der Waals surface area contributed by atoms with E-state index in [0.29, 0.717) is 10.7 Å². The third kappa shape index (κ3) is 2.43. The predicted octanol–water partition coefficient (Wildman–Crippen LogP) is 0.892. The van der Waals surface area contributed by atoms with Gasteiger partial charge in [0.05, 0.1) is 6.61 Å². The molecule has 1 N–H and O–H groups in total. The van der Waals surface area contributed by atoms with Crippen LogP contribution in [0.2, 0.25) is 0 Å². The first kappa shape index (κ1) is 13.5. The largest absolute Gasteiger partial charge is 0.394 e. The number of alkyl halides is 1. The monoisotopic (exact) mass is 274 g/mol. The fraction of sp³-hybridized carbons (Fsp3) is 0.636. The van der Waals surface area contributed by atoms with E-state index in [0.717, 1.165) is 0 Å². The Kier molecular flexibility index (Phi) is 4.04. The van der Waals surface area contributed by atoms with Crippen LogP contribution in [-0.2, 0) is 4.74 Å². The van der Waals surface area contributed by atoms with Crippen LogP contribution in [0.15, 0.2) is 16.1 Å². The number of aliphatic hydroxyl groups is 1. The van der Waals surface area contributed by atoms with E-state index in [1.54, 1.807) is 23.9 Å². The van der Waals surface area contributed by atoms with E-state index < -0.39 is 18.5 Å². The van der Waals surface area contributed by atoms with Crippen LogP contribution in [0.5, 0.6) is 0 Å². The molecule has 2 rings (SSSR count). The summed E-state index contributed by atoms with van der Waals surface area (Å²) in [6, 6.07) is 0. The molecule has 0 saturated carbocycles. The molecule has 0 spiro atoms. The normalized spacial score (nSPS) is 27.7. The van der Waals surface area contributed by atoms with Gasteiger partial charge in [0.15, 0.2) is 5.16 Å². The van der Waals surface area contributed by atoms with Gasteiger partial charge in [-0.25, -0.2) is 4.39 Å². The summed E-state index contributed by atoms with van der Waals surface area (Å²) in [5.74, 6) is 0. The van der Waals surface area contributed by atoms with Crippen molar-refractivity contribution < 1.29 is 14.2 Å². The Balaban J connectivity index is 2.34. The molecule has 0 aromatic carbocycles. The zero-order chi connectivity index (χ0) is 13.3. The van der Waals surface area contributed by atoms with E-state index >= 15 is 0 Å². The van der Waals surface area contributed by atoms with Crippen molar-refractivity contribution in [2.45, 2.75) is 37.0 Å². The second-order valence-electron chi connectivity index (χ2n) is 4.19. The van der Waals surface area contributed by atoms with E-state index in [2.05, 4.69) is 4.98 Å². The number of halogens is 1. The number of rotatable bonds is 3. The fourth-order valence-electron chi connectivity index (χ4n) is 1.93. The summed E-state index contributed by atoms with van der Waals surface area (Å²) < 4.78 is 20.6. The highest BCUT2D eigenvalue weighted by Gasteiger charge is 2.36. The molecule has 0 amide bonds. The highest BCUT2D eigenvalue weighted by molar-refractivity contribution is 7.98. The third-order valence-electron chi connectivity index (χ3n) is 2.92. The first-order valence-corrected chi connectivity index (χ1v) is 6.83. The van der Waals surface area contributed by atoms with Crippen LogP contribution in [-0.4, -0.2) is 39.8 Å². The van der Waals surface area contributed by atoms with Gasteiger partial charge < -0.3 is 14.4 Å². The van der Waals surface area contributed by atoms with Crippen LogP contribution in [0, 0.1) is 6.92 Å². The minimum absolute atomic E-state index is 0.156. The molecular formula is C11H15FN2O3S. The van der Waals surface area contributed by atoms with Crippen LogP contribution in [0.1, 0.15) is 18.2 Å². The molecule has 3 atom stereocenters. The number of hydrogen-bond donors (Lipinski definition) is 1. The molecule has 18 heavy (non-hydrogen) atoms. The number of nitrogens with zero attached hydrogens (tertiary/aromatic N) is 2. The average Bonchev–Trinajstić information content (AvgIpc) is 2.73. The number of ether oxygens (including phenoxy) is 1. The van der Waals surface area contributed by atoms with Crippen LogP contribution < -0.4 is 5.56 Å². The van der Waals surface area contributed by atoms with Gasteiger partial charge in [0.1, 0.15) is 18.5 Å². The summed E-state index contributed by atoms with van der Waals surface area (Å²) in [6.07, 6.45) is 1.05. The maximum Gasteiger partial charge on any atom is 0.276 e. The van der Waals surface area contributed by atoms with Crippen LogP contribution in [0.4, 0.5) is 4.39 Å². The molecule has 0 bridgehead atoms. The molecular weight excluding hydrogens is 259 g/mol. The molecule has 0 aliphatic carbocycles. The minimum atomic E-state index is -1.20. The van der Waals surface area contributed by atoms with E-state index in [1.807, 2.05) is 0 Å². The summed E-state index contributed by atoms with van der Waals surface area (Å²) in [4.78, 5) is 15.4. The zero-order valence-electron chi connectivity index (χ0n) is 10.2. The Morgan fingerprint density at radius 3 is 3.00 bits per heavy atom. The van der Waals surface area contributed by atoms with Gasteiger partial charge in [0.2, 0.25) is 0 Å². The van der Waals surface area contributed by atoms with Gasteiger partial charge in [-0.15, -0.1) is 0 Å². The molecule has 1 saturated heterocycles. The molecule has 1 aliphatic heterocycles. The van der Waals surface area contributed by atoms with Crippen molar-refractivity contribution in [3.8, 4) is 0 Å². The number of aliphatic hydroxyl groups excluding tert-OH is 1. The van der Waals surface area contributed by atoms with Gasteiger partial charge in [-0.1, -0.05) is 11.8 Å². The summed E-state index contributed by atoms with van der Waals surface area (Å²) in [6.45, 7) is 1.31. The van der Waals surface area contributed by atoms with E-state index in [9.17, 15) is 9.18 Å². The number of hydrogen-bond acceptors (Lipinski definition) is 5. The molecule has 1 aromatic heterocycles. The minimum Gasteiger partial charge on any atom is -0.394 e. The Morgan fingerprint density at radius 2 is 2.44 bits per heavy atom. The van der Waals surface area contributed by atoms with Gasteiger partial charge in [-0.2, -0.15) is 4.98 Å². The number of aromatic nitrogens is 2. The first-order valence-electron chi connectivity index (χ1n) is 5.61. The molecule has 1 aromatic rings. The van der Waals surface area contributed by atoms with Crippen molar-refractivity contribution in [1.82, 2.24) is 9.55 Å². The molecule has 7 heteroatoms. The molecule has 1 fully saturated rings. The third-order valence-corrected chi connectivity index (χ3v) is 3.59. The number of aryl methyl sites for hydroxylation is 1. The SMILES string of the molecule is CSc1nc(=O)c(C)cn1[C@@H]1C[C@H](F)[C@@H](CO)O1. The maximum atomic E-state index is 13.6. The Labute approximate surface area is 108 Å². The van der Waals surface area contributed by atoms with Gasteiger partial charge in [0, 0.05) is 18.2 Å². The lowest BCUT2D eigenvalue weighted by Crippen LogP contribution is -2.22. The van der Waals surface area contributed by atoms with Gasteiger partial charge in [-0.05, 0) is 13.2 Å². The van der Waals surface area contributed by atoms with Crippen molar-refractivity contribution >= 4 is 11.8 Å². The molecule has 2 heterocycles. The van der Waals surface area contributed by atoms with Crippen molar-refractivity contribution in [2.75, 3.05) is 12.9 Å². The Bertz CT molecular complexity index is 494. The van der Waals surface area contributed by atoms with Crippen LogP contribution in [0.3, 0.4) is 0 Å². The Morgan fingerprint density at radius 1 is 1.72 bits per heavy atom. The zero-order valence-corrected chi connectivity index (χ0v) is 11.0. The average molecular weight is 274 g/mol. The van der Waals surface area contributed by atoms with Gasteiger partial charge in [0.25, 0.3) is 5.56 Å². The van der Waals surface area contributed by atoms with Crippen molar-refractivity contribution in [2.24, 2.45) is 0 Å². The van der Waals surface area contributed by atoms with Gasteiger partial charge >= 0.3 is 0 Å². The maximum absolute atomic E-state index is 13.6. The quantitative estimate of drug-likeness (QED) is 0.655. The highest BCUT2D eigenvalue weighted by Crippen LogP contribution is 2.32. The lowest BCUT2D eigenvalue weighted by atomic mass is 10.2. The molecule has 100 valence electrons. The van der Waals surface area contributed by atoms with Crippen molar-refractivity contribution in [3.05, 3.63) is 22.1 Å². The summed E-state index contributed by atoms with van der Waals surface area (Å²) >= 11 is 1.30. The lowest BCUT2D eigenvalue weighted by molar-refractivity contribution is -0.0379. The van der Waals surface area contributed by atoms with Gasteiger partial charge in [-0.3, -0.25) is 4.79 Å². The second kappa shape index (κ2) is 5.38. The molecule has 0 radical (unpaired) electrons. The van der Waals surface area contributed by atoms with E-state index in [4.69, 9.17) is 9.84 Å². The van der Waals surface area contributed by atoms with Crippen LogP contribution in [0.25, 0.3) is 0 Å². The van der Waals surface area contributed by atoms with E-state index in [1.165, 1.54) is 11.8 Å². The number of thioether (sulfide) groups is 1. The van der Waals surface area contributed by atoms with Crippen LogP contribution >= 0.6 is 11.8 Å². The standard InChI is InChI=1S/C11H15FN2O3S/c1-6-4-14(11(18-2)13-10(6)16)9-3-7(12)8(5-15)17-9/h4,7-9,15H,3,5H2,1-2H3/t7-,8+,9-/m0/s1. The Hall–Kier alpha value is -0.920. The van der Waals surface area contributed by atoms with Crippen molar-refractivity contribution in [3.63, 3.8) is 0 Å². The molecule has 5 nitrogen and oxygen atoms in total. The predicted molar refractivity (Wildman–Crippen MR) is 65.5 cm³/mol. The van der Waals surface area contributed by atoms with Crippen molar-refractivity contribution in [1.29, 1.82) is 0 Å². The fourth-order valence-corrected chi connectivity index (χ4v) is 2.49. The second-order valence-corrected chi connectivity index (χ2v) is 4.96. The topological polar surface area (TPSA) is 64.4 Å². The molecule has 1 aliphatic rings. The molecule has 0 unspecified atom stereocenters. The smallest absolute Gasteiger partial charge is 0.276 e. The summed E-state index contributed by atoms with van der Waals surface area (Å²) in [5.41, 5.74) is 0.198.